The lowest BCUT2D eigenvalue weighted by atomic mass is 9.80. The minimum Gasteiger partial charge on any atom is -0.471 e. The van der Waals surface area contributed by atoms with E-state index >= 15 is 0 Å². The van der Waals surface area contributed by atoms with Gasteiger partial charge in [0.05, 0.1) is 44.2 Å². The molecule has 11 nitrogen and oxygen atoms in total. The lowest BCUT2D eigenvalue weighted by Crippen LogP contribution is -2.60. The summed E-state index contributed by atoms with van der Waals surface area (Å²) in [7, 11) is 1.21. The highest BCUT2D eigenvalue weighted by atomic mass is 16.8. The molecule has 0 unspecified atom stereocenters. The third-order valence-electron chi connectivity index (χ3n) is 5.18. The van der Waals surface area contributed by atoms with Gasteiger partial charge < -0.3 is 48.9 Å². The van der Waals surface area contributed by atoms with E-state index in [0.717, 1.165) is 6.26 Å². The van der Waals surface area contributed by atoms with Crippen LogP contribution in [0.4, 0.5) is 0 Å². The number of epoxide rings is 1. The summed E-state index contributed by atoms with van der Waals surface area (Å²) in [5.74, 6) is -1.85. The molecule has 2 saturated heterocycles. The van der Waals surface area contributed by atoms with Crippen molar-refractivity contribution in [2.45, 2.75) is 49.5 Å². The molecule has 3 aliphatic heterocycles. The van der Waals surface area contributed by atoms with E-state index in [1.807, 2.05) is 0 Å². The Balaban J connectivity index is 1.81. The fraction of sp³-hybridized carbons (Fsp3) is 0.765. The molecule has 0 aliphatic carbocycles. The number of carbonyl (C=O) groups excluding carboxylic acids is 2. The molecule has 11 heteroatoms. The number of esters is 1. The predicted octanol–water partition coefficient (Wildman–Crippen LogP) is -2.56. The van der Waals surface area contributed by atoms with Gasteiger partial charge in [-0.15, -0.1) is 0 Å². The van der Waals surface area contributed by atoms with Crippen molar-refractivity contribution in [1.82, 2.24) is 0 Å². The van der Waals surface area contributed by atoms with Crippen LogP contribution in [0.1, 0.15) is 6.42 Å². The molecule has 158 valence electrons. The summed E-state index contributed by atoms with van der Waals surface area (Å²) in [5.41, 5.74) is 0.156. The van der Waals surface area contributed by atoms with E-state index in [-0.39, 0.29) is 18.1 Å². The van der Waals surface area contributed by atoms with Crippen LogP contribution >= 0.6 is 0 Å². The normalized spacial score (nSPS) is 42.9. The third-order valence-corrected chi connectivity index (χ3v) is 5.18. The maximum Gasteiger partial charge on any atom is 0.337 e. The van der Waals surface area contributed by atoms with E-state index in [0.29, 0.717) is 12.9 Å². The second-order valence-corrected chi connectivity index (χ2v) is 6.86. The largest absolute Gasteiger partial charge is 0.471 e. The Morgan fingerprint density at radius 2 is 1.96 bits per heavy atom. The Morgan fingerprint density at radius 3 is 2.54 bits per heavy atom. The van der Waals surface area contributed by atoms with Crippen molar-refractivity contribution in [2.24, 2.45) is 11.8 Å². The summed E-state index contributed by atoms with van der Waals surface area (Å²) in [4.78, 5) is 23.2. The van der Waals surface area contributed by atoms with Gasteiger partial charge in [0.25, 0.3) is 0 Å². The molecule has 0 aromatic heterocycles. The molecule has 0 amide bonds. The highest BCUT2D eigenvalue weighted by Gasteiger charge is 2.52. The van der Waals surface area contributed by atoms with Crippen LogP contribution in [0.5, 0.6) is 0 Å². The third kappa shape index (κ3) is 4.06. The molecule has 0 aromatic carbocycles. The van der Waals surface area contributed by atoms with Crippen molar-refractivity contribution in [2.75, 3.05) is 20.3 Å². The summed E-state index contributed by atoms with van der Waals surface area (Å²) < 4.78 is 26.6. The molecule has 2 fully saturated rings. The lowest BCUT2D eigenvalue weighted by Gasteiger charge is -2.43. The topological polar surface area (TPSA) is 165 Å². The zero-order valence-electron chi connectivity index (χ0n) is 15.1. The summed E-state index contributed by atoms with van der Waals surface area (Å²) in [6.07, 6.45) is -6.96. The number of carbonyl (C=O) groups is 2. The fourth-order valence-corrected chi connectivity index (χ4v) is 3.57. The molecule has 3 aliphatic rings. The van der Waals surface area contributed by atoms with Crippen molar-refractivity contribution in [3.8, 4) is 0 Å². The van der Waals surface area contributed by atoms with Crippen molar-refractivity contribution in [3.05, 3.63) is 11.8 Å². The number of hydrogen-bond donors (Lipinski definition) is 4. The van der Waals surface area contributed by atoms with Gasteiger partial charge >= 0.3 is 5.97 Å². The predicted molar refractivity (Wildman–Crippen MR) is 87.2 cm³/mol. The van der Waals surface area contributed by atoms with Gasteiger partial charge in [0.1, 0.15) is 30.7 Å². The Labute approximate surface area is 160 Å². The number of hydrogen-bond acceptors (Lipinski definition) is 11. The lowest BCUT2D eigenvalue weighted by molar-refractivity contribution is -0.342. The minimum atomic E-state index is -1.61. The maximum atomic E-state index is 12.0. The SMILES string of the molecule is COC(=O)C1=CO[C@@H](O[C@@H]2O[C@H](CO)[C@@H](O)[C@H](O)[C@H]2O)[C@H]([C@H]2CO2)[C@@H]1CC=O. The van der Waals surface area contributed by atoms with Gasteiger partial charge in [-0.3, -0.25) is 0 Å². The van der Waals surface area contributed by atoms with Gasteiger partial charge in [-0.05, 0) is 0 Å². The number of aliphatic hydroxyl groups is 4. The van der Waals surface area contributed by atoms with Gasteiger partial charge in [-0.2, -0.15) is 0 Å². The second kappa shape index (κ2) is 8.82. The molecule has 0 saturated carbocycles. The minimum absolute atomic E-state index is 0.0106. The molecule has 0 aromatic rings. The molecule has 0 spiro atoms. The van der Waals surface area contributed by atoms with Gasteiger partial charge in [-0.25, -0.2) is 4.79 Å². The van der Waals surface area contributed by atoms with E-state index in [9.17, 15) is 30.0 Å². The van der Waals surface area contributed by atoms with Crippen LogP contribution in [0.25, 0.3) is 0 Å². The van der Waals surface area contributed by atoms with E-state index in [2.05, 4.69) is 0 Å². The van der Waals surface area contributed by atoms with Crippen LogP contribution in [0, 0.1) is 11.8 Å². The first-order valence-corrected chi connectivity index (χ1v) is 8.88. The highest BCUT2D eigenvalue weighted by molar-refractivity contribution is 5.89. The van der Waals surface area contributed by atoms with Crippen molar-refractivity contribution in [1.29, 1.82) is 0 Å². The fourth-order valence-electron chi connectivity index (χ4n) is 3.57. The number of aliphatic hydroxyl groups excluding tert-OH is 4. The average Bonchev–Trinajstić information content (AvgIpc) is 3.53. The van der Waals surface area contributed by atoms with Crippen LogP contribution in [-0.2, 0) is 33.3 Å². The summed E-state index contributed by atoms with van der Waals surface area (Å²) in [5, 5.41) is 39.2. The van der Waals surface area contributed by atoms with Crippen LogP contribution in [0.3, 0.4) is 0 Å². The van der Waals surface area contributed by atoms with E-state index in [4.69, 9.17) is 23.7 Å². The van der Waals surface area contributed by atoms with E-state index in [1.165, 1.54) is 7.11 Å². The zero-order valence-corrected chi connectivity index (χ0v) is 15.1. The van der Waals surface area contributed by atoms with E-state index < -0.39 is 61.4 Å². The first-order chi connectivity index (χ1) is 13.4. The average molecular weight is 404 g/mol. The van der Waals surface area contributed by atoms with Crippen LogP contribution in [-0.4, -0.2) is 96.1 Å². The van der Waals surface area contributed by atoms with Gasteiger partial charge in [-0.1, -0.05) is 0 Å². The number of methoxy groups -OCH3 is 1. The smallest absolute Gasteiger partial charge is 0.337 e. The Bertz CT molecular complexity index is 602. The van der Waals surface area contributed by atoms with Crippen molar-refractivity contribution < 1.29 is 53.7 Å². The van der Waals surface area contributed by atoms with Crippen LogP contribution in [0.15, 0.2) is 11.8 Å². The Morgan fingerprint density at radius 1 is 1.25 bits per heavy atom. The molecule has 28 heavy (non-hydrogen) atoms. The maximum absolute atomic E-state index is 12.0. The van der Waals surface area contributed by atoms with Crippen molar-refractivity contribution >= 4 is 12.3 Å². The van der Waals surface area contributed by atoms with Crippen LogP contribution in [0.2, 0.25) is 0 Å². The van der Waals surface area contributed by atoms with Gasteiger partial charge in [0.2, 0.25) is 6.29 Å². The highest BCUT2D eigenvalue weighted by Crippen LogP contribution is 2.41. The summed E-state index contributed by atoms with van der Waals surface area (Å²) in [6, 6.07) is 0. The summed E-state index contributed by atoms with van der Waals surface area (Å²) >= 11 is 0. The molecule has 0 radical (unpaired) electrons. The molecule has 9 atom stereocenters. The monoisotopic (exact) mass is 404 g/mol. The Kier molecular flexibility index (Phi) is 6.65. The standard InChI is InChI=1S/C17H24O11/c1-24-15(23)8-5-26-16(11(10-6-25-10)7(8)2-3-18)28-17-14(22)13(21)12(20)9(4-19)27-17/h3,5,7,9-14,16-17,19-22H,2,4,6H2,1H3/t7-,9-,10-,11+,12-,13+,14-,16+,17+/m1/s1. The van der Waals surface area contributed by atoms with Crippen molar-refractivity contribution in [3.63, 3.8) is 0 Å². The molecule has 3 rings (SSSR count). The second-order valence-electron chi connectivity index (χ2n) is 6.86. The molecular formula is C17H24O11. The zero-order chi connectivity index (χ0) is 20.4. The molecule has 4 N–H and O–H groups in total. The number of rotatable bonds is 7. The molecule has 0 bridgehead atoms. The number of ether oxygens (including phenoxy) is 5. The first kappa shape index (κ1) is 21.1. The van der Waals surface area contributed by atoms with E-state index in [1.54, 1.807) is 0 Å². The molecule has 3 heterocycles. The quantitative estimate of drug-likeness (QED) is 0.200. The molecular weight excluding hydrogens is 380 g/mol. The van der Waals surface area contributed by atoms with Crippen LogP contribution < -0.4 is 0 Å². The summed E-state index contributed by atoms with van der Waals surface area (Å²) in [6.45, 7) is -0.238. The number of aldehydes is 1. The van der Waals surface area contributed by atoms with Gasteiger partial charge in [0, 0.05) is 12.3 Å². The first-order valence-electron chi connectivity index (χ1n) is 8.88. The van der Waals surface area contributed by atoms with Gasteiger partial charge in [0.15, 0.2) is 6.29 Å². The Hall–Kier alpha value is -1.60.